The van der Waals surface area contributed by atoms with Crippen LogP contribution in [0.15, 0.2) is 4.79 Å². The Morgan fingerprint density at radius 3 is 2.71 bits per heavy atom. The minimum absolute atomic E-state index is 0.142. The summed E-state index contributed by atoms with van der Waals surface area (Å²) in [4.78, 5) is 32.9. The Morgan fingerprint density at radius 1 is 1.38 bits per heavy atom. The van der Waals surface area contributed by atoms with E-state index in [0.29, 0.717) is 23.6 Å². The number of aromatic amines is 1. The van der Waals surface area contributed by atoms with Crippen molar-refractivity contribution >= 4 is 6.09 Å². The fourth-order valence-electron chi connectivity index (χ4n) is 2.24. The number of hydrogen-bond acceptors (Lipinski definition) is 4. The second-order valence-electron chi connectivity index (χ2n) is 6.38. The summed E-state index contributed by atoms with van der Waals surface area (Å²) in [5.74, 6) is 0.701. The lowest BCUT2D eigenvalue weighted by molar-refractivity contribution is 0.0240. The van der Waals surface area contributed by atoms with Crippen LogP contribution >= 0.6 is 0 Å². The van der Waals surface area contributed by atoms with E-state index >= 15 is 0 Å². The zero-order chi connectivity index (χ0) is 15.6. The van der Waals surface area contributed by atoms with Crippen molar-refractivity contribution in [2.75, 3.05) is 0 Å². The van der Waals surface area contributed by atoms with Crippen molar-refractivity contribution in [3.63, 3.8) is 0 Å². The second kappa shape index (κ2) is 5.87. The standard InChI is InChI=1S/C15H23N3O3/c1-5-6-7-12-16-11-9-18(8-10(11)13(19)17-12)14(20)21-15(2,3)4/h5-9H2,1-4H3,(H,16,17,19). The average molecular weight is 293 g/mol. The second-order valence-corrected chi connectivity index (χ2v) is 6.38. The Balaban J connectivity index is 2.13. The smallest absolute Gasteiger partial charge is 0.410 e. The highest BCUT2D eigenvalue weighted by Crippen LogP contribution is 2.20. The molecule has 1 aromatic heterocycles. The lowest BCUT2D eigenvalue weighted by atomic mass is 10.2. The SMILES string of the molecule is CCCCc1nc2c(c(=O)[nH]1)CN(C(=O)OC(C)(C)C)C2. The summed E-state index contributed by atoms with van der Waals surface area (Å²) in [6.07, 6.45) is 2.38. The van der Waals surface area contributed by atoms with E-state index in [0.717, 1.165) is 19.3 Å². The van der Waals surface area contributed by atoms with Crippen molar-refractivity contribution < 1.29 is 9.53 Å². The van der Waals surface area contributed by atoms with Gasteiger partial charge in [0, 0.05) is 6.42 Å². The van der Waals surface area contributed by atoms with Crippen molar-refractivity contribution in [2.45, 2.75) is 65.6 Å². The summed E-state index contributed by atoms with van der Waals surface area (Å²) in [5, 5.41) is 0. The molecule has 0 atom stereocenters. The number of carbonyl (C=O) groups is 1. The number of aromatic nitrogens is 2. The third kappa shape index (κ3) is 3.83. The molecule has 0 saturated heterocycles. The zero-order valence-corrected chi connectivity index (χ0v) is 13.2. The van der Waals surface area contributed by atoms with E-state index in [1.54, 1.807) is 0 Å². The lowest BCUT2D eigenvalue weighted by Crippen LogP contribution is -2.33. The molecule has 21 heavy (non-hydrogen) atoms. The molecule has 0 aromatic carbocycles. The van der Waals surface area contributed by atoms with Gasteiger partial charge in [0.15, 0.2) is 0 Å². The molecule has 0 unspecified atom stereocenters. The average Bonchev–Trinajstić information content (AvgIpc) is 2.79. The maximum atomic E-state index is 12.1. The predicted octanol–water partition coefficient (Wildman–Crippen LogP) is 2.36. The molecule has 1 N–H and O–H groups in total. The van der Waals surface area contributed by atoms with Crippen molar-refractivity contribution in [3.8, 4) is 0 Å². The molecule has 6 heteroatoms. The van der Waals surface area contributed by atoms with Gasteiger partial charge in [0.05, 0.1) is 24.3 Å². The molecule has 0 saturated carbocycles. The number of ether oxygens (including phenoxy) is 1. The first-order chi connectivity index (χ1) is 9.80. The summed E-state index contributed by atoms with van der Waals surface area (Å²) in [7, 11) is 0. The Bertz CT molecular complexity index is 587. The topological polar surface area (TPSA) is 75.3 Å². The zero-order valence-electron chi connectivity index (χ0n) is 13.2. The van der Waals surface area contributed by atoms with E-state index in [2.05, 4.69) is 16.9 Å². The van der Waals surface area contributed by atoms with Gasteiger partial charge in [-0.05, 0) is 27.2 Å². The number of aryl methyl sites for hydroxylation is 1. The van der Waals surface area contributed by atoms with Crippen LogP contribution in [0, 0.1) is 0 Å². The maximum absolute atomic E-state index is 12.1. The van der Waals surface area contributed by atoms with E-state index < -0.39 is 11.7 Å². The first kappa shape index (κ1) is 15.5. The minimum atomic E-state index is -0.544. The highest BCUT2D eigenvalue weighted by Gasteiger charge is 2.30. The highest BCUT2D eigenvalue weighted by atomic mass is 16.6. The third-order valence-electron chi connectivity index (χ3n) is 3.26. The monoisotopic (exact) mass is 293 g/mol. The van der Waals surface area contributed by atoms with Gasteiger partial charge >= 0.3 is 6.09 Å². The van der Waals surface area contributed by atoms with Crippen LogP contribution in [-0.2, 0) is 24.2 Å². The summed E-state index contributed by atoms with van der Waals surface area (Å²) in [6, 6.07) is 0. The number of amides is 1. The van der Waals surface area contributed by atoms with Gasteiger partial charge in [-0.15, -0.1) is 0 Å². The van der Waals surface area contributed by atoms with E-state index in [1.165, 1.54) is 4.90 Å². The van der Waals surface area contributed by atoms with Gasteiger partial charge in [-0.1, -0.05) is 13.3 Å². The number of unbranched alkanes of at least 4 members (excludes halogenated alkanes) is 1. The number of carbonyl (C=O) groups excluding carboxylic acids is 1. The molecule has 1 aromatic rings. The molecule has 116 valence electrons. The quantitative estimate of drug-likeness (QED) is 0.928. The van der Waals surface area contributed by atoms with Crippen molar-refractivity contribution in [3.05, 3.63) is 27.4 Å². The van der Waals surface area contributed by atoms with Crippen molar-refractivity contribution in [1.82, 2.24) is 14.9 Å². The van der Waals surface area contributed by atoms with Gasteiger partial charge in [0.1, 0.15) is 11.4 Å². The highest BCUT2D eigenvalue weighted by molar-refractivity contribution is 5.69. The molecule has 0 spiro atoms. The van der Waals surface area contributed by atoms with Crippen molar-refractivity contribution in [2.24, 2.45) is 0 Å². The normalized spacial score (nSPS) is 14.2. The van der Waals surface area contributed by atoms with E-state index in [1.807, 2.05) is 20.8 Å². The first-order valence-corrected chi connectivity index (χ1v) is 7.39. The van der Waals surface area contributed by atoms with Gasteiger partial charge in [0.25, 0.3) is 5.56 Å². The molecule has 6 nitrogen and oxygen atoms in total. The summed E-state index contributed by atoms with van der Waals surface area (Å²) < 4.78 is 5.33. The van der Waals surface area contributed by atoms with Crippen molar-refractivity contribution in [1.29, 1.82) is 0 Å². The van der Waals surface area contributed by atoms with E-state index in [4.69, 9.17) is 4.74 Å². The van der Waals surface area contributed by atoms with Gasteiger partial charge in [-0.2, -0.15) is 0 Å². The fraction of sp³-hybridized carbons (Fsp3) is 0.667. The molecular weight excluding hydrogens is 270 g/mol. The van der Waals surface area contributed by atoms with Gasteiger partial charge in [-0.25, -0.2) is 9.78 Å². The van der Waals surface area contributed by atoms with Gasteiger partial charge < -0.3 is 9.72 Å². The largest absolute Gasteiger partial charge is 0.444 e. The number of hydrogen-bond donors (Lipinski definition) is 1. The number of fused-ring (bicyclic) bond motifs is 1. The molecule has 1 aliphatic heterocycles. The Labute approximate surface area is 124 Å². The van der Waals surface area contributed by atoms with Crippen LogP contribution in [0.4, 0.5) is 4.79 Å². The maximum Gasteiger partial charge on any atom is 0.410 e. The molecule has 0 bridgehead atoms. The summed E-state index contributed by atoms with van der Waals surface area (Å²) in [5.41, 5.74) is 0.576. The Hall–Kier alpha value is -1.85. The molecule has 2 heterocycles. The first-order valence-electron chi connectivity index (χ1n) is 7.39. The fourth-order valence-corrected chi connectivity index (χ4v) is 2.24. The molecule has 0 radical (unpaired) electrons. The summed E-state index contributed by atoms with van der Waals surface area (Å²) >= 11 is 0. The Kier molecular flexibility index (Phi) is 4.34. The number of H-pyrrole nitrogens is 1. The molecule has 0 aliphatic carbocycles. The van der Waals surface area contributed by atoms with Crippen LogP contribution in [0.3, 0.4) is 0 Å². The molecule has 0 fully saturated rings. The number of nitrogens with one attached hydrogen (secondary N) is 1. The minimum Gasteiger partial charge on any atom is -0.444 e. The third-order valence-corrected chi connectivity index (χ3v) is 3.26. The van der Waals surface area contributed by atoms with Crippen LogP contribution < -0.4 is 5.56 Å². The van der Waals surface area contributed by atoms with Crippen LogP contribution in [-0.4, -0.2) is 26.6 Å². The molecular formula is C15H23N3O3. The number of nitrogens with zero attached hydrogens (tertiary/aromatic N) is 2. The predicted molar refractivity (Wildman–Crippen MR) is 79.0 cm³/mol. The summed E-state index contributed by atoms with van der Waals surface area (Å²) in [6.45, 7) is 8.16. The molecule has 1 amide bonds. The number of rotatable bonds is 3. The Morgan fingerprint density at radius 2 is 2.10 bits per heavy atom. The van der Waals surface area contributed by atoms with Crippen LogP contribution in [0.2, 0.25) is 0 Å². The van der Waals surface area contributed by atoms with Gasteiger partial charge in [0.2, 0.25) is 0 Å². The molecule has 1 aliphatic rings. The van der Waals surface area contributed by atoms with E-state index in [9.17, 15) is 9.59 Å². The van der Waals surface area contributed by atoms with E-state index in [-0.39, 0.29) is 12.1 Å². The van der Waals surface area contributed by atoms with Crippen LogP contribution in [0.1, 0.15) is 57.6 Å². The lowest BCUT2D eigenvalue weighted by Gasteiger charge is -2.23. The van der Waals surface area contributed by atoms with Gasteiger partial charge in [-0.3, -0.25) is 9.69 Å². The van der Waals surface area contributed by atoms with Crippen LogP contribution in [0.5, 0.6) is 0 Å². The molecule has 2 rings (SSSR count). The van der Waals surface area contributed by atoms with Crippen LogP contribution in [0.25, 0.3) is 0 Å².